The first-order valence-electron chi connectivity index (χ1n) is 8.33. The molecule has 0 aliphatic carbocycles. The molecule has 4 heteroatoms. The monoisotopic (exact) mass is 303 g/mol. The number of rotatable bonds is 6. The molecule has 0 unspecified atom stereocenters. The lowest BCUT2D eigenvalue weighted by Crippen LogP contribution is -2.38. The molecule has 0 saturated carbocycles. The first-order chi connectivity index (χ1) is 10.6. The fourth-order valence-electron chi connectivity index (χ4n) is 3.09. The van der Waals surface area contributed by atoms with Crippen molar-refractivity contribution in [2.24, 2.45) is 11.7 Å². The average Bonchev–Trinajstić information content (AvgIpc) is 2.54. The van der Waals surface area contributed by atoms with Crippen molar-refractivity contribution in [2.75, 3.05) is 33.7 Å². The molecule has 2 rings (SSSR count). The number of nitrogens with two attached hydrogens (primary N) is 1. The van der Waals surface area contributed by atoms with E-state index in [1.54, 1.807) is 0 Å². The normalized spacial score (nSPS) is 16.3. The van der Waals surface area contributed by atoms with Crippen LogP contribution in [0.3, 0.4) is 0 Å². The third kappa shape index (κ3) is 4.82. The highest BCUT2D eigenvalue weighted by Crippen LogP contribution is 2.23. The Morgan fingerprint density at radius 2 is 1.86 bits per heavy atom. The number of hydrogen-bond acceptors (Lipinski definition) is 3. The van der Waals surface area contributed by atoms with Crippen LogP contribution in [-0.4, -0.2) is 49.4 Å². The molecule has 1 aromatic rings. The Balaban J connectivity index is 1.79. The number of likely N-dealkylation sites (tertiary alicyclic amines) is 1. The molecule has 1 fully saturated rings. The summed E-state index contributed by atoms with van der Waals surface area (Å²) in [5.41, 5.74) is 7.44. The zero-order valence-electron chi connectivity index (χ0n) is 13.9. The second-order valence-corrected chi connectivity index (χ2v) is 6.58. The van der Waals surface area contributed by atoms with Gasteiger partial charge in [0, 0.05) is 25.2 Å². The Bertz CT molecular complexity index is 462. The van der Waals surface area contributed by atoms with Crippen LogP contribution in [-0.2, 0) is 6.54 Å². The molecule has 1 heterocycles. The molecular formula is C18H29N3O. The first kappa shape index (κ1) is 17.0. The third-order valence-corrected chi connectivity index (χ3v) is 4.56. The van der Waals surface area contributed by atoms with Crippen molar-refractivity contribution in [3.05, 3.63) is 35.4 Å². The van der Waals surface area contributed by atoms with Gasteiger partial charge in [0.15, 0.2) is 0 Å². The molecule has 0 atom stereocenters. The summed E-state index contributed by atoms with van der Waals surface area (Å²) in [5.74, 6) is 0.943. The predicted octanol–water partition coefficient (Wildman–Crippen LogP) is 2.34. The molecule has 1 amide bonds. The van der Waals surface area contributed by atoms with Crippen LogP contribution in [0.25, 0.3) is 0 Å². The summed E-state index contributed by atoms with van der Waals surface area (Å²) in [4.78, 5) is 16.7. The van der Waals surface area contributed by atoms with Crippen LogP contribution < -0.4 is 5.73 Å². The maximum absolute atomic E-state index is 12.5. The predicted molar refractivity (Wildman–Crippen MR) is 90.7 cm³/mol. The lowest BCUT2D eigenvalue weighted by atomic mass is 9.92. The van der Waals surface area contributed by atoms with Gasteiger partial charge in [-0.15, -0.1) is 0 Å². The molecule has 122 valence electrons. The van der Waals surface area contributed by atoms with Gasteiger partial charge < -0.3 is 15.5 Å². The number of carbonyl (C=O) groups excluding carboxylic acids is 1. The van der Waals surface area contributed by atoms with E-state index in [0.29, 0.717) is 6.54 Å². The summed E-state index contributed by atoms with van der Waals surface area (Å²) in [6.07, 6.45) is 4.82. The Kier molecular flexibility index (Phi) is 6.40. The van der Waals surface area contributed by atoms with Gasteiger partial charge in [0.1, 0.15) is 0 Å². The van der Waals surface area contributed by atoms with Crippen LogP contribution in [0.2, 0.25) is 0 Å². The van der Waals surface area contributed by atoms with Crippen LogP contribution in [0.4, 0.5) is 0 Å². The molecular weight excluding hydrogens is 274 g/mol. The van der Waals surface area contributed by atoms with E-state index in [4.69, 9.17) is 5.73 Å². The van der Waals surface area contributed by atoms with E-state index in [0.717, 1.165) is 49.5 Å². The van der Waals surface area contributed by atoms with Crippen LogP contribution in [0.5, 0.6) is 0 Å². The molecule has 0 spiro atoms. The molecule has 4 nitrogen and oxygen atoms in total. The Labute approximate surface area is 134 Å². The summed E-state index contributed by atoms with van der Waals surface area (Å²) in [6.45, 7) is 3.47. The average molecular weight is 303 g/mol. The van der Waals surface area contributed by atoms with E-state index >= 15 is 0 Å². The van der Waals surface area contributed by atoms with Crippen LogP contribution in [0, 0.1) is 5.92 Å². The smallest absolute Gasteiger partial charge is 0.253 e. The Morgan fingerprint density at radius 1 is 1.23 bits per heavy atom. The largest absolute Gasteiger partial charge is 0.339 e. The number of hydrogen-bond donors (Lipinski definition) is 1. The van der Waals surface area contributed by atoms with Gasteiger partial charge in [-0.25, -0.2) is 0 Å². The van der Waals surface area contributed by atoms with Crippen LogP contribution in [0.15, 0.2) is 24.3 Å². The fraction of sp³-hybridized carbons (Fsp3) is 0.611. The molecule has 0 bridgehead atoms. The number of piperidine rings is 1. The summed E-state index contributed by atoms with van der Waals surface area (Å²) >= 11 is 0. The van der Waals surface area contributed by atoms with E-state index in [9.17, 15) is 4.79 Å². The summed E-state index contributed by atoms with van der Waals surface area (Å²) in [7, 11) is 4.24. The zero-order valence-corrected chi connectivity index (χ0v) is 13.9. The quantitative estimate of drug-likeness (QED) is 0.877. The highest BCUT2D eigenvalue weighted by molar-refractivity contribution is 5.94. The van der Waals surface area contributed by atoms with Gasteiger partial charge in [0.25, 0.3) is 5.91 Å². The van der Waals surface area contributed by atoms with E-state index in [2.05, 4.69) is 19.0 Å². The third-order valence-electron chi connectivity index (χ3n) is 4.56. The van der Waals surface area contributed by atoms with Crippen molar-refractivity contribution in [1.29, 1.82) is 0 Å². The Hall–Kier alpha value is -1.39. The zero-order chi connectivity index (χ0) is 15.9. The molecule has 1 aromatic carbocycles. The highest BCUT2D eigenvalue weighted by atomic mass is 16.2. The van der Waals surface area contributed by atoms with Crippen LogP contribution in [0.1, 0.15) is 41.6 Å². The molecule has 2 N–H and O–H groups in total. The van der Waals surface area contributed by atoms with Crippen molar-refractivity contribution in [3.63, 3.8) is 0 Å². The van der Waals surface area contributed by atoms with Crippen molar-refractivity contribution in [1.82, 2.24) is 9.80 Å². The minimum Gasteiger partial charge on any atom is -0.339 e. The van der Waals surface area contributed by atoms with Gasteiger partial charge in [-0.1, -0.05) is 12.1 Å². The van der Waals surface area contributed by atoms with Gasteiger partial charge in [-0.05, 0) is 69.9 Å². The molecule has 22 heavy (non-hydrogen) atoms. The van der Waals surface area contributed by atoms with Gasteiger partial charge in [-0.3, -0.25) is 4.79 Å². The van der Waals surface area contributed by atoms with E-state index < -0.39 is 0 Å². The van der Waals surface area contributed by atoms with Gasteiger partial charge >= 0.3 is 0 Å². The fourth-order valence-corrected chi connectivity index (χ4v) is 3.09. The van der Waals surface area contributed by atoms with E-state index in [1.807, 2.05) is 29.2 Å². The van der Waals surface area contributed by atoms with Crippen LogP contribution >= 0.6 is 0 Å². The minimum atomic E-state index is 0.162. The molecule has 0 aromatic heterocycles. The maximum Gasteiger partial charge on any atom is 0.253 e. The number of benzene rings is 1. The number of amides is 1. The van der Waals surface area contributed by atoms with Crippen molar-refractivity contribution >= 4 is 5.91 Å². The van der Waals surface area contributed by atoms with E-state index in [1.165, 1.54) is 12.8 Å². The van der Waals surface area contributed by atoms with E-state index in [-0.39, 0.29) is 5.91 Å². The lowest BCUT2D eigenvalue weighted by molar-refractivity contribution is 0.0685. The van der Waals surface area contributed by atoms with Gasteiger partial charge in [0.2, 0.25) is 0 Å². The van der Waals surface area contributed by atoms with Crippen molar-refractivity contribution in [2.45, 2.75) is 32.2 Å². The summed E-state index contributed by atoms with van der Waals surface area (Å²) < 4.78 is 0. The minimum absolute atomic E-state index is 0.162. The highest BCUT2D eigenvalue weighted by Gasteiger charge is 2.23. The molecule has 1 aliphatic rings. The summed E-state index contributed by atoms with van der Waals surface area (Å²) in [5, 5.41) is 0. The molecule has 0 radical (unpaired) electrons. The second kappa shape index (κ2) is 8.30. The van der Waals surface area contributed by atoms with Gasteiger partial charge in [-0.2, -0.15) is 0 Å². The molecule has 1 saturated heterocycles. The van der Waals surface area contributed by atoms with Crippen molar-refractivity contribution in [3.8, 4) is 0 Å². The topological polar surface area (TPSA) is 49.6 Å². The lowest BCUT2D eigenvalue weighted by Gasteiger charge is -2.32. The van der Waals surface area contributed by atoms with Gasteiger partial charge in [0.05, 0.1) is 0 Å². The second-order valence-electron chi connectivity index (χ2n) is 6.58. The Morgan fingerprint density at radius 3 is 2.41 bits per heavy atom. The number of nitrogens with zero attached hydrogens (tertiary/aromatic N) is 2. The molecule has 1 aliphatic heterocycles. The standard InChI is InChI=1S/C18H29N3O/c1-20(2)11-3-4-15-9-12-21(13-10-15)18(22)17-7-5-16(14-19)6-8-17/h5-8,15H,3-4,9-14,19H2,1-2H3. The SMILES string of the molecule is CN(C)CCCC1CCN(C(=O)c2ccc(CN)cc2)CC1. The van der Waals surface area contributed by atoms with Crippen molar-refractivity contribution < 1.29 is 4.79 Å². The maximum atomic E-state index is 12.5. The number of carbonyl (C=O) groups is 1. The first-order valence-corrected chi connectivity index (χ1v) is 8.33. The summed E-state index contributed by atoms with van der Waals surface area (Å²) in [6, 6.07) is 7.68.